The molecule has 4 nitrogen and oxygen atoms in total. The predicted molar refractivity (Wildman–Crippen MR) is 71.0 cm³/mol. The molecule has 2 N–H and O–H groups in total. The minimum absolute atomic E-state index is 0. The number of rotatable bonds is 2. The molecular formula is C14H20N3OU-. The van der Waals surface area contributed by atoms with Gasteiger partial charge in [-0.1, -0.05) is 6.92 Å². The van der Waals surface area contributed by atoms with Crippen molar-refractivity contribution in [1.29, 1.82) is 0 Å². The summed E-state index contributed by atoms with van der Waals surface area (Å²) in [5.41, 5.74) is 7.76. The summed E-state index contributed by atoms with van der Waals surface area (Å²) in [6, 6.07) is 9.30. The summed E-state index contributed by atoms with van der Waals surface area (Å²) in [5, 5.41) is 0. The van der Waals surface area contributed by atoms with E-state index in [1.807, 2.05) is 24.0 Å². The van der Waals surface area contributed by atoms with Gasteiger partial charge in [0.05, 0.1) is 6.54 Å². The molecule has 1 unspecified atom stereocenters. The van der Waals surface area contributed by atoms with Gasteiger partial charge in [-0.15, -0.1) is 5.56 Å². The molecule has 1 amide bonds. The van der Waals surface area contributed by atoms with Crippen LogP contribution in [-0.2, 0) is 4.79 Å². The van der Waals surface area contributed by atoms with Crippen LogP contribution in [0.2, 0.25) is 0 Å². The topological polar surface area (TPSA) is 49.6 Å². The zero-order valence-electron chi connectivity index (χ0n) is 11.5. The zero-order valence-corrected chi connectivity index (χ0v) is 15.7. The number of aryl methyl sites for hydroxylation is 1. The second-order valence-corrected chi connectivity index (χ2v) is 4.87. The number of nitrogens with two attached hydrogens (primary N) is 1. The van der Waals surface area contributed by atoms with E-state index in [2.05, 4.69) is 24.1 Å². The molecule has 2 rings (SSSR count). The molecule has 0 radical (unpaired) electrons. The third-order valence-corrected chi connectivity index (χ3v) is 3.43. The molecule has 1 saturated heterocycles. The minimum Gasteiger partial charge on any atom is -0.334 e. The quantitative estimate of drug-likeness (QED) is 0.625. The van der Waals surface area contributed by atoms with Crippen molar-refractivity contribution >= 4 is 5.91 Å². The summed E-state index contributed by atoms with van der Waals surface area (Å²) in [5.74, 6) is 0.0265. The number of benzene rings is 1. The Morgan fingerprint density at radius 1 is 1.53 bits per heavy atom. The Labute approximate surface area is 138 Å². The molecule has 5 heteroatoms. The van der Waals surface area contributed by atoms with Gasteiger partial charge in [0.15, 0.2) is 0 Å². The van der Waals surface area contributed by atoms with E-state index in [4.69, 9.17) is 5.73 Å². The van der Waals surface area contributed by atoms with Crippen molar-refractivity contribution in [3.8, 4) is 0 Å². The number of carbonyl (C=O) groups excluding carboxylic acids is 1. The van der Waals surface area contributed by atoms with Gasteiger partial charge in [0, 0.05) is 56.8 Å². The van der Waals surface area contributed by atoms with Crippen molar-refractivity contribution in [2.75, 3.05) is 33.2 Å². The van der Waals surface area contributed by atoms with E-state index in [0.717, 1.165) is 25.2 Å². The van der Waals surface area contributed by atoms with Gasteiger partial charge in [-0.05, 0) is 7.05 Å². The van der Waals surface area contributed by atoms with Crippen LogP contribution in [0.5, 0.6) is 0 Å². The Hall–Kier alpha value is -0.338. The van der Waals surface area contributed by atoms with Crippen LogP contribution in [0.4, 0.5) is 0 Å². The molecule has 1 heterocycles. The van der Waals surface area contributed by atoms with E-state index >= 15 is 0 Å². The van der Waals surface area contributed by atoms with E-state index in [9.17, 15) is 4.79 Å². The van der Waals surface area contributed by atoms with E-state index < -0.39 is 0 Å². The molecule has 1 aromatic rings. The summed E-state index contributed by atoms with van der Waals surface area (Å²) >= 11 is 0. The standard InChI is InChI=1S/C14H20N3O.U/c1-11-4-3-5-12(8-11)13-10-16(2)6-7-17(13)14(18)9-15;/h3,5,8,13H,6-7,9-10,15H2,1-2H3;/q-1;. The number of hydrogen-bond acceptors (Lipinski definition) is 3. The van der Waals surface area contributed by atoms with Crippen LogP contribution in [0.15, 0.2) is 18.2 Å². The summed E-state index contributed by atoms with van der Waals surface area (Å²) in [7, 11) is 2.08. The second kappa shape index (κ2) is 7.45. The van der Waals surface area contributed by atoms with Crippen LogP contribution >= 0.6 is 0 Å². The third kappa shape index (κ3) is 4.06. The van der Waals surface area contributed by atoms with Crippen molar-refractivity contribution in [3.63, 3.8) is 0 Å². The van der Waals surface area contributed by atoms with E-state index in [1.165, 1.54) is 5.56 Å². The molecule has 0 bridgehead atoms. The van der Waals surface area contributed by atoms with Crippen molar-refractivity contribution in [2.45, 2.75) is 13.0 Å². The van der Waals surface area contributed by atoms with Gasteiger partial charge >= 0.3 is 0 Å². The summed E-state index contributed by atoms with van der Waals surface area (Å²) < 4.78 is 0. The summed E-state index contributed by atoms with van der Waals surface area (Å²) in [4.78, 5) is 16.1. The molecule has 19 heavy (non-hydrogen) atoms. The molecule has 1 aliphatic heterocycles. The van der Waals surface area contributed by atoms with E-state index in [1.54, 1.807) is 0 Å². The molecule has 0 aliphatic carbocycles. The van der Waals surface area contributed by atoms with Crippen molar-refractivity contribution in [1.82, 2.24) is 9.80 Å². The Morgan fingerprint density at radius 2 is 2.26 bits per heavy atom. The molecule has 1 fully saturated rings. The van der Waals surface area contributed by atoms with Gasteiger partial charge in [0.1, 0.15) is 0 Å². The number of carbonyl (C=O) groups is 1. The van der Waals surface area contributed by atoms with Crippen molar-refractivity contribution in [3.05, 3.63) is 35.4 Å². The molecule has 0 saturated carbocycles. The molecule has 1 aliphatic rings. The number of likely N-dealkylation sites (N-methyl/N-ethyl adjacent to an activating group) is 1. The number of amides is 1. The zero-order chi connectivity index (χ0) is 13.1. The van der Waals surface area contributed by atoms with Crippen LogP contribution in [0.1, 0.15) is 17.2 Å². The van der Waals surface area contributed by atoms with Crippen LogP contribution in [0.25, 0.3) is 0 Å². The SMILES string of the molecule is Cc1[c-]ccc(C2CN(C)CCN2C(=O)CN)c1.[U]. The maximum Gasteiger partial charge on any atom is 0.236 e. The van der Waals surface area contributed by atoms with Crippen molar-refractivity contribution in [2.24, 2.45) is 5.73 Å². The van der Waals surface area contributed by atoms with Crippen molar-refractivity contribution < 1.29 is 35.9 Å². The first-order chi connectivity index (χ1) is 8.61. The number of piperazine rings is 1. The Bertz CT molecular complexity index is 438. The largest absolute Gasteiger partial charge is 0.334 e. The predicted octanol–water partition coefficient (Wildman–Crippen LogP) is 0.569. The normalized spacial score (nSPS) is 19.9. The molecule has 0 aromatic heterocycles. The fourth-order valence-corrected chi connectivity index (χ4v) is 2.44. The number of hydrogen-bond donors (Lipinski definition) is 1. The Kier molecular flexibility index (Phi) is 6.55. The Morgan fingerprint density at radius 3 is 2.89 bits per heavy atom. The van der Waals surface area contributed by atoms with Gasteiger partial charge in [-0.25, -0.2) is 0 Å². The second-order valence-electron chi connectivity index (χ2n) is 4.87. The molecular weight excluding hydrogens is 464 g/mol. The van der Waals surface area contributed by atoms with Crippen LogP contribution in [-0.4, -0.2) is 48.9 Å². The average molecular weight is 484 g/mol. The van der Waals surface area contributed by atoms with Gasteiger partial charge in [0.25, 0.3) is 0 Å². The Balaban J connectivity index is 0.00000180. The monoisotopic (exact) mass is 484 g/mol. The van der Waals surface area contributed by atoms with E-state index in [-0.39, 0.29) is 49.6 Å². The summed E-state index contributed by atoms with van der Waals surface area (Å²) in [6.07, 6.45) is 0. The van der Waals surface area contributed by atoms with Crippen LogP contribution in [0, 0.1) is 44.1 Å². The average Bonchev–Trinajstić information content (AvgIpc) is 2.38. The van der Waals surface area contributed by atoms with Crippen LogP contribution < -0.4 is 5.73 Å². The van der Waals surface area contributed by atoms with Gasteiger partial charge in [0.2, 0.25) is 5.91 Å². The maximum absolute atomic E-state index is 11.9. The van der Waals surface area contributed by atoms with E-state index in [0.29, 0.717) is 0 Å². The maximum atomic E-state index is 11.9. The van der Waals surface area contributed by atoms with Gasteiger partial charge in [-0.2, -0.15) is 29.8 Å². The molecule has 102 valence electrons. The fraction of sp³-hybridized carbons (Fsp3) is 0.500. The molecule has 0 spiro atoms. The minimum atomic E-state index is 0. The van der Waals surface area contributed by atoms with Gasteiger partial charge in [-0.3, -0.25) is 4.79 Å². The molecule has 1 aromatic carbocycles. The summed E-state index contributed by atoms with van der Waals surface area (Å²) in [6.45, 7) is 4.60. The molecule has 1 atom stereocenters. The first kappa shape index (κ1) is 16.7. The van der Waals surface area contributed by atoms with Gasteiger partial charge < -0.3 is 15.5 Å². The number of nitrogens with zero attached hydrogens (tertiary/aromatic N) is 2. The smallest absolute Gasteiger partial charge is 0.236 e. The first-order valence-corrected chi connectivity index (χ1v) is 6.28. The first-order valence-electron chi connectivity index (χ1n) is 6.28. The van der Waals surface area contributed by atoms with Crippen LogP contribution in [0.3, 0.4) is 0 Å². The third-order valence-electron chi connectivity index (χ3n) is 3.43. The fourth-order valence-electron chi connectivity index (χ4n) is 2.44.